The number of piperazine rings is 1. The molecule has 136 valence electrons. The Hall–Kier alpha value is -2.18. The standard InChI is InChI=1S/C18H26N4O3/c1-13-11-14(2)21(18(25)19-13)8-7-16(23)20-9-10-22(17(24)12-20)15-5-3-4-6-15/h11,15H,3-10,12H2,1-2H3. The third-order valence-electron chi connectivity index (χ3n) is 5.27. The normalized spacial score (nSPS) is 18.9. The first-order valence-corrected chi connectivity index (χ1v) is 9.08. The van der Waals surface area contributed by atoms with Gasteiger partial charge in [-0.15, -0.1) is 0 Å². The van der Waals surface area contributed by atoms with E-state index in [9.17, 15) is 14.4 Å². The van der Waals surface area contributed by atoms with Gasteiger partial charge in [0.05, 0.1) is 6.54 Å². The van der Waals surface area contributed by atoms with Gasteiger partial charge in [-0.05, 0) is 32.8 Å². The number of carbonyl (C=O) groups excluding carboxylic acids is 2. The Morgan fingerprint density at radius 1 is 1.20 bits per heavy atom. The summed E-state index contributed by atoms with van der Waals surface area (Å²) in [5, 5.41) is 0. The minimum atomic E-state index is -0.326. The van der Waals surface area contributed by atoms with Gasteiger partial charge in [0.2, 0.25) is 11.8 Å². The van der Waals surface area contributed by atoms with Crippen LogP contribution in [0.15, 0.2) is 10.9 Å². The van der Waals surface area contributed by atoms with Crippen LogP contribution in [0.3, 0.4) is 0 Å². The van der Waals surface area contributed by atoms with Gasteiger partial charge in [0, 0.05) is 43.5 Å². The van der Waals surface area contributed by atoms with Gasteiger partial charge >= 0.3 is 5.69 Å². The zero-order chi connectivity index (χ0) is 18.0. The van der Waals surface area contributed by atoms with Gasteiger partial charge in [0.15, 0.2) is 0 Å². The van der Waals surface area contributed by atoms with Crippen molar-refractivity contribution in [3.8, 4) is 0 Å². The molecule has 2 amide bonds. The van der Waals surface area contributed by atoms with E-state index < -0.39 is 0 Å². The van der Waals surface area contributed by atoms with Crippen molar-refractivity contribution in [2.45, 2.75) is 58.5 Å². The van der Waals surface area contributed by atoms with E-state index in [-0.39, 0.29) is 30.5 Å². The lowest BCUT2D eigenvalue weighted by Gasteiger charge is -2.37. The minimum Gasteiger partial charge on any atom is -0.336 e. The average molecular weight is 346 g/mol. The number of aryl methyl sites for hydroxylation is 2. The molecule has 2 aliphatic rings. The van der Waals surface area contributed by atoms with Crippen LogP contribution >= 0.6 is 0 Å². The molecule has 0 spiro atoms. The third-order valence-corrected chi connectivity index (χ3v) is 5.27. The Morgan fingerprint density at radius 2 is 1.92 bits per heavy atom. The summed E-state index contributed by atoms with van der Waals surface area (Å²) < 4.78 is 1.52. The Morgan fingerprint density at radius 3 is 2.56 bits per heavy atom. The maximum absolute atomic E-state index is 12.5. The summed E-state index contributed by atoms with van der Waals surface area (Å²) in [4.78, 5) is 44.3. The lowest BCUT2D eigenvalue weighted by molar-refractivity contribution is -0.147. The number of hydrogen-bond acceptors (Lipinski definition) is 4. The second-order valence-electron chi connectivity index (χ2n) is 7.06. The molecule has 7 nitrogen and oxygen atoms in total. The molecule has 0 aromatic carbocycles. The summed E-state index contributed by atoms with van der Waals surface area (Å²) in [7, 11) is 0. The van der Waals surface area contributed by atoms with Gasteiger partial charge in [0.25, 0.3) is 0 Å². The summed E-state index contributed by atoms with van der Waals surface area (Å²) in [5.74, 6) is -0.0249. The number of carbonyl (C=O) groups is 2. The van der Waals surface area contributed by atoms with Crippen molar-refractivity contribution >= 4 is 11.8 Å². The van der Waals surface area contributed by atoms with Crippen molar-refractivity contribution in [3.05, 3.63) is 27.9 Å². The van der Waals surface area contributed by atoms with E-state index in [1.54, 1.807) is 11.8 Å². The minimum absolute atomic E-state index is 0.0526. The van der Waals surface area contributed by atoms with Crippen LogP contribution < -0.4 is 5.69 Å². The summed E-state index contributed by atoms with van der Waals surface area (Å²) in [5.41, 5.74) is 1.15. The molecular weight excluding hydrogens is 320 g/mol. The van der Waals surface area contributed by atoms with E-state index >= 15 is 0 Å². The van der Waals surface area contributed by atoms with Crippen molar-refractivity contribution in [1.82, 2.24) is 19.4 Å². The number of amides is 2. The molecule has 0 N–H and O–H groups in total. The average Bonchev–Trinajstić information content (AvgIpc) is 3.07. The zero-order valence-corrected chi connectivity index (χ0v) is 15.0. The van der Waals surface area contributed by atoms with E-state index in [1.807, 2.05) is 17.9 Å². The van der Waals surface area contributed by atoms with Crippen LogP contribution in [0.4, 0.5) is 0 Å². The highest BCUT2D eigenvalue weighted by molar-refractivity contribution is 5.86. The molecule has 1 aromatic rings. The molecule has 0 bridgehead atoms. The van der Waals surface area contributed by atoms with E-state index in [0.717, 1.165) is 18.5 Å². The molecule has 0 radical (unpaired) electrons. The van der Waals surface area contributed by atoms with E-state index in [1.165, 1.54) is 17.4 Å². The number of nitrogens with zero attached hydrogens (tertiary/aromatic N) is 4. The molecule has 1 saturated heterocycles. The van der Waals surface area contributed by atoms with Crippen LogP contribution in [-0.4, -0.2) is 56.8 Å². The Bertz CT molecular complexity index is 722. The van der Waals surface area contributed by atoms with E-state index in [4.69, 9.17) is 0 Å². The number of rotatable bonds is 4. The van der Waals surface area contributed by atoms with Crippen LogP contribution in [-0.2, 0) is 16.1 Å². The SMILES string of the molecule is Cc1cc(C)n(CCC(=O)N2CCN(C3CCCC3)C(=O)C2)c(=O)n1. The van der Waals surface area contributed by atoms with Gasteiger partial charge < -0.3 is 9.80 Å². The van der Waals surface area contributed by atoms with Gasteiger partial charge in [-0.3, -0.25) is 14.2 Å². The van der Waals surface area contributed by atoms with Crippen molar-refractivity contribution in [1.29, 1.82) is 0 Å². The van der Waals surface area contributed by atoms with Crippen LogP contribution in [0.1, 0.15) is 43.5 Å². The summed E-state index contributed by atoms with van der Waals surface area (Å²) in [6.45, 7) is 5.29. The Kier molecular flexibility index (Phi) is 5.20. The Balaban J connectivity index is 1.56. The molecule has 1 aromatic heterocycles. The van der Waals surface area contributed by atoms with Crippen LogP contribution in [0, 0.1) is 13.8 Å². The molecule has 7 heteroatoms. The van der Waals surface area contributed by atoms with Crippen molar-refractivity contribution in [2.75, 3.05) is 19.6 Å². The second kappa shape index (κ2) is 7.37. The molecule has 0 atom stereocenters. The highest BCUT2D eigenvalue weighted by atomic mass is 16.2. The van der Waals surface area contributed by atoms with Crippen molar-refractivity contribution in [3.63, 3.8) is 0 Å². The molecule has 25 heavy (non-hydrogen) atoms. The molecule has 0 unspecified atom stereocenters. The number of aromatic nitrogens is 2. The van der Waals surface area contributed by atoms with Gasteiger partial charge in [-0.2, -0.15) is 4.98 Å². The first kappa shape index (κ1) is 17.6. The second-order valence-corrected chi connectivity index (χ2v) is 7.06. The maximum Gasteiger partial charge on any atom is 0.347 e. The fraction of sp³-hybridized carbons (Fsp3) is 0.667. The first-order valence-electron chi connectivity index (χ1n) is 9.08. The monoisotopic (exact) mass is 346 g/mol. The number of hydrogen-bond donors (Lipinski definition) is 0. The van der Waals surface area contributed by atoms with Gasteiger partial charge in [0.1, 0.15) is 0 Å². The topological polar surface area (TPSA) is 75.5 Å². The highest BCUT2D eigenvalue weighted by Crippen LogP contribution is 2.24. The van der Waals surface area contributed by atoms with Crippen molar-refractivity contribution in [2.24, 2.45) is 0 Å². The van der Waals surface area contributed by atoms with Gasteiger partial charge in [-0.1, -0.05) is 12.8 Å². The Labute approximate surface area is 147 Å². The molecule has 1 aliphatic carbocycles. The largest absolute Gasteiger partial charge is 0.347 e. The van der Waals surface area contributed by atoms with E-state index in [2.05, 4.69) is 4.98 Å². The fourth-order valence-electron chi connectivity index (χ4n) is 3.91. The van der Waals surface area contributed by atoms with Gasteiger partial charge in [-0.25, -0.2) is 4.79 Å². The van der Waals surface area contributed by atoms with Crippen LogP contribution in [0.5, 0.6) is 0 Å². The predicted molar refractivity (Wildman–Crippen MR) is 93.1 cm³/mol. The predicted octanol–water partition coefficient (Wildman–Crippen LogP) is 0.864. The quantitative estimate of drug-likeness (QED) is 0.810. The first-order chi connectivity index (χ1) is 12.0. The van der Waals surface area contributed by atoms with Crippen LogP contribution in [0.2, 0.25) is 0 Å². The molecule has 2 fully saturated rings. The van der Waals surface area contributed by atoms with Crippen LogP contribution in [0.25, 0.3) is 0 Å². The van der Waals surface area contributed by atoms with Crippen molar-refractivity contribution < 1.29 is 9.59 Å². The molecule has 2 heterocycles. The summed E-state index contributed by atoms with van der Waals surface area (Å²) in [6.07, 6.45) is 4.76. The lowest BCUT2D eigenvalue weighted by atomic mass is 10.1. The molecular formula is C18H26N4O3. The molecule has 1 aliphatic heterocycles. The third kappa shape index (κ3) is 3.91. The summed E-state index contributed by atoms with van der Waals surface area (Å²) >= 11 is 0. The fourth-order valence-corrected chi connectivity index (χ4v) is 3.91. The van der Waals surface area contributed by atoms with E-state index in [0.29, 0.717) is 31.4 Å². The summed E-state index contributed by atoms with van der Waals surface area (Å²) in [6, 6.07) is 2.19. The maximum atomic E-state index is 12.5. The molecule has 1 saturated carbocycles. The molecule has 3 rings (SSSR count). The smallest absolute Gasteiger partial charge is 0.336 e. The lowest BCUT2D eigenvalue weighted by Crippen LogP contribution is -2.55. The zero-order valence-electron chi connectivity index (χ0n) is 15.0. The highest BCUT2D eigenvalue weighted by Gasteiger charge is 2.32.